The van der Waals surface area contributed by atoms with Crippen LogP contribution in [0.4, 0.5) is 0 Å². The van der Waals surface area contributed by atoms with Crippen molar-refractivity contribution in [1.29, 1.82) is 0 Å². The standard InChI is InChI=1S/C46H47BrN6O7/c47-37-16-15-34(24-36(37)28-54)32-13-11-30(12-14-32)23-39-44(59)50-27-35-10-5-4-9-33(35)25-41(56)51-38(43(48)58)19-21-49-40(55)17-18-42(57)53-22-6-20-46(29-53,45(60)52-39)26-31-7-2-1-3-8-31/h1-5,7-18,24,28,38-39H,6,19-23,25-27,29H2,(H2,48,58)(H,49,55)(H,50,59)(H,51,56)(H,52,60)/b18-17+/t38-,39-,46-/m0/s1. The highest BCUT2D eigenvalue weighted by Crippen LogP contribution is 2.35. The van der Waals surface area contributed by atoms with Gasteiger partial charge in [-0.05, 0) is 71.2 Å². The Kier molecular flexibility index (Phi) is 14.4. The van der Waals surface area contributed by atoms with Gasteiger partial charge in [0, 0.05) is 54.8 Å². The number of hydrogen-bond acceptors (Lipinski definition) is 7. The van der Waals surface area contributed by atoms with Gasteiger partial charge in [-0.3, -0.25) is 33.6 Å². The zero-order valence-electron chi connectivity index (χ0n) is 33.0. The number of aldehydes is 1. The Labute approximate surface area is 356 Å². The van der Waals surface area contributed by atoms with Gasteiger partial charge in [-0.1, -0.05) is 101 Å². The first-order valence-electron chi connectivity index (χ1n) is 19.8. The molecule has 1 saturated heterocycles. The first-order chi connectivity index (χ1) is 28.9. The summed E-state index contributed by atoms with van der Waals surface area (Å²) in [5.74, 6) is -3.15. The van der Waals surface area contributed by atoms with Gasteiger partial charge in [0.15, 0.2) is 6.29 Å². The van der Waals surface area contributed by atoms with Gasteiger partial charge in [0.2, 0.25) is 35.4 Å². The van der Waals surface area contributed by atoms with Crippen molar-refractivity contribution in [2.24, 2.45) is 11.1 Å². The molecule has 2 aliphatic heterocycles. The molecule has 2 aliphatic rings. The Morgan fingerprint density at radius 1 is 0.833 bits per heavy atom. The Balaban J connectivity index is 1.34. The van der Waals surface area contributed by atoms with Gasteiger partial charge < -0.3 is 31.9 Å². The van der Waals surface area contributed by atoms with Gasteiger partial charge in [-0.15, -0.1) is 0 Å². The number of nitrogens with two attached hydrogens (primary N) is 1. The lowest BCUT2D eigenvalue weighted by atomic mass is 9.74. The van der Waals surface area contributed by atoms with Crippen molar-refractivity contribution >= 4 is 57.7 Å². The fourth-order valence-electron chi connectivity index (χ4n) is 7.68. The Morgan fingerprint density at radius 2 is 1.55 bits per heavy atom. The van der Waals surface area contributed by atoms with Gasteiger partial charge in [-0.2, -0.15) is 0 Å². The minimum Gasteiger partial charge on any atom is -0.368 e. The average Bonchev–Trinajstić information content (AvgIpc) is 3.25. The van der Waals surface area contributed by atoms with Gasteiger partial charge >= 0.3 is 0 Å². The molecule has 14 heteroatoms. The molecule has 6 rings (SSSR count). The number of halogens is 1. The summed E-state index contributed by atoms with van der Waals surface area (Å²) in [7, 11) is 0. The highest BCUT2D eigenvalue weighted by atomic mass is 79.9. The van der Waals surface area contributed by atoms with Crippen molar-refractivity contribution < 1.29 is 33.6 Å². The summed E-state index contributed by atoms with van der Waals surface area (Å²) < 4.78 is 0.685. The van der Waals surface area contributed by atoms with E-state index in [1.807, 2.05) is 60.7 Å². The molecule has 3 atom stereocenters. The van der Waals surface area contributed by atoms with Gasteiger partial charge in [0.25, 0.3) is 0 Å². The van der Waals surface area contributed by atoms with Crippen LogP contribution < -0.4 is 27.0 Å². The number of nitrogens with one attached hydrogen (secondary N) is 4. The lowest BCUT2D eigenvalue weighted by Crippen LogP contribution is -2.58. The molecule has 0 aromatic heterocycles. The second-order valence-corrected chi connectivity index (χ2v) is 16.0. The molecule has 60 heavy (non-hydrogen) atoms. The third-order valence-electron chi connectivity index (χ3n) is 10.9. The number of hydrogen-bond donors (Lipinski definition) is 5. The molecule has 0 spiro atoms. The van der Waals surface area contributed by atoms with E-state index in [1.165, 1.54) is 0 Å². The van der Waals surface area contributed by atoms with Crippen LogP contribution in [0.1, 0.15) is 51.9 Å². The molecule has 0 radical (unpaired) electrons. The van der Waals surface area contributed by atoms with Crippen molar-refractivity contribution in [3.63, 3.8) is 0 Å². The van der Waals surface area contributed by atoms with E-state index in [2.05, 4.69) is 37.2 Å². The van der Waals surface area contributed by atoms with E-state index < -0.39 is 47.0 Å². The molecule has 2 bridgehead atoms. The third kappa shape index (κ3) is 11.2. The number of amides is 6. The molecule has 6 amide bonds. The van der Waals surface area contributed by atoms with Crippen LogP contribution in [0.3, 0.4) is 0 Å². The molecule has 13 nitrogen and oxygen atoms in total. The minimum atomic E-state index is -1.12. The number of piperidine rings is 1. The van der Waals surface area contributed by atoms with Crippen molar-refractivity contribution in [1.82, 2.24) is 26.2 Å². The molecule has 0 unspecified atom stereocenters. The maximum Gasteiger partial charge on any atom is 0.246 e. The lowest BCUT2D eigenvalue weighted by molar-refractivity contribution is -0.141. The maximum atomic E-state index is 14.8. The van der Waals surface area contributed by atoms with E-state index in [-0.39, 0.29) is 44.8 Å². The number of fused-ring (bicyclic) bond motifs is 3. The Morgan fingerprint density at radius 3 is 2.28 bits per heavy atom. The van der Waals surface area contributed by atoms with Crippen LogP contribution in [0, 0.1) is 5.41 Å². The molecule has 6 N–H and O–H groups in total. The van der Waals surface area contributed by atoms with Crippen LogP contribution in [0.25, 0.3) is 11.1 Å². The van der Waals surface area contributed by atoms with E-state index in [0.29, 0.717) is 47.0 Å². The number of primary amides is 1. The number of nitrogens with zero attached hydrogens (tertiary/aromatic N) is 1. The first-order valence-corrected chi connectivity index (χ1v) is 20.6. The molecule has 4 aromatic carbocycles. The van der Waals surface area contributed by atoms with E-state index in [9.17, 15) is 33.6 Å². The fraction of sp³-hybridized carbons (Fsp3) is 0.283. The molecule has 0 aliphatic carbocycles. The summed E-state index contributed by atoms with van der Waals surface area (Å²) in [6.07, 6.45) is 4.29. The normalized spacial score (nSPS) is 21.4. The molecule has 2 heterocycles. The molecule has 4 aromatic rings. The summed E-state index contributed by atoms with van der Waals surface area (Å²) in [4.78, 5) is 94.0. The third-order valence-corrected chi connectivity index (χ3v) is 11.7. The zero-order chi connectivity index (χ0) is 42.6. The van der Waals surface area contributed by atoms with Crippen molar-refractivity contribution in [2.75, 3.05) is 19.6 Å². The maximum absolute atomic E-state index is 14.8. The summed E-state index contributed by atoms with van der Waals surface area (Å²) in [6, 6.07) is 27.5. The zero-order valence-corrected chi connectivity index (χ0v) is 34.5. The molecular weight excluding hydrogens is 828 g/mol. The second-order valence-electron chi connectivity index (χ2n) is 15.2. The number of benzene rings is 4. The van der Waals surface area contributed by atoms with Crippen molar-refractivity contribution in [3.05, 3.63) is 142 Å². The van der Waals surface area contributed by atoms with Crippen molar-refractivity contribution in [3.8, 4) is 11.1 Å². The van der Waals surface area contributed by atoms with Crippen LogP contribution in [0.2, 0.25) is 0 Å². The molecule has 0 saturated carbocycles. The van der Waals surface area contributed by atoms with Crippen LogP contribution >= 0.6 is 15.9 Å². The fourth-order valence-corrected chi connectivity index (χ4v) is 8.02. The topological polar surface area (TPSA) is 197 Å². The van der Waals surface area contributed by atoms with Gasteiger partial charge in [0.1, 0.15) is 12.1 Å². The van der Waals surface area contributed by atoms with E-state index in [1.54, 1.807) is 41.3 Å². The lowest BCUT2D eigenvalue weighted by Gasteiger charge is -2.42. The Hall–Kier alpha value is -6.41. The summed E-state index contributed by atoms with van der Waals surface area (Å²) in [6.45, 7) is 0.434. The van der Waals surface area contributed by atoms with Gasteiger partial charge in [0.05, 0.1) is 11.8 Å². The van der Waals surface area contributed by atoms with E-state index >= 15 is 0 Å². The highest BCUT2D eigenvalue weighted by Gasteiger charge is 2.44. The largest absolute Gasteiger partial charge is 0.368 e. The minimum absolute atomic E-state index is 0.00329. The first kappa shape index (κ1) is 43.2. The van der Waals surface area contributed by atoms with E-state index in [4.69, 9.17) is 5.73 Å². The molecule has 310 valence electrons. The van der Waals surface area contributed by atoms with E-state index in [0.717, 1.165) is 40.7 Å². The van der Waals surface area contributed by atoms with Gasteiger partial charge in [-0.25, -0.2) is 0 Å². The highest BCUT2D eigenvalue weighted by molar-refractivity contribution is 9.10. The number of rotatable bonds is 7. The summed E-state index contributed by atoms with van der Waals surface area (Å²) in [5.41, 5.74) is 9.57. The summed E-state index contributed by atoms with van der Waals surface area (Å²) in [5, 5.41) is 11.3. The van der Waals surface area contributed by atoms with Crippen LogP contribution in [-0.2, 0) is 54.6 Å². The Bertz CT molecular complexity index is 2280. The van der Waals surface area contributed by atoms with Crippen molar-refractivity contribution in [2.45, 2.75) is 57.2 Å². The quantitative estimate of drug-likeness (QED) is 0.175. The van der Waals surface area contributed by atoms with Crippen LogP contribution in [0.5, 0.6) is 0 Å². The summed E-state index contributed by atoms with van der Waals surface area (Å²) >= 11 is 3.39. The molecule has 1 fully saturated rings. The van der Waals surface area contributed by atoms with Crippen LogP contribution in [0.15, 0.2) is 114 Å². The SMILES string of the molecule is NC(=O)[C@@H]1CCNC(=O)/C=C/C(=O)N2CCC[C@](Cc3ccccc3)(C2)C(=O)N[C@@H](Cc2ccc(-c3ccc(Br)c(C=O)c3)cc2)C(=O)NCc2ccccc2CC(=O)N1. The predicted octanol–water partition coefficient (Wildman–Crippen LogP) is 3.71. The average molecular weight is 876 g/mol. The van der Waals surface area contributed by atoms with Crippen LogP contribution in [-0.4, -0.2) is 78.3 Å². The smallest absolute Gasteiger partial charge is 0.246 e. The second kappa shape index (κ2) is 20.0. The number of carbonyl (C=O) groups excluding carboxylic acids is 7. The monoisotopic (exact) mass is 874 g/mol. The number of carbonyl (C=O) groups is 7. The predicted molar refractivity (Wildman–Crippen MR) is 229 cm³/mol. The molecular formula is C46H47BrN6O7.